The summed E-state index contributed by atoms with van der Waals surface area (Å²) in [5.41, 5.74) is 3.58. The van der Waals surface area contributed by atoms with Crippen molar-refractivity contribution in [2.45, 2.75) is 31.8 Å². The summed E-state index contributed by atoms with van der Waals surface area (Å²) in [7, 11) is 5.27. The fraction of sp³-hybridized carbons (Fsp3) is 0.500. The first-order chi connectivity index (χ1) is 15.2. The van der Waals surface area contributed by atoms with Gasteiger partial charge in [-0.15, -0.1) is 0 Å². The van der Waals surface area contributed by atoms with Crippen LogP contribution in [0, 0.1) is 11.8 Å². The molecular formula is C24H30N4O3. The second-order valence-electron chi connectivity index (χ2n) is 8.69. The molecule has 7 heteroatoms. The van der Waals surface area contributed by atoms with Gasteiger partial charge >= 0.3 is 0 Å². The summed E-state index contributed by atoms with van der Waals surface area (Å²) in [6.07, 6.45) is 6.90. The lowest BCUT2D eigenvalue weighted by Crippen LogP contribution is -2.30. The Kier molecular flexibility index (Phi) is 5.44. The highest BCUT2D eigenvalue weighted by atomic mass is 16.5. The van der Waals surface area contributed by atoms with E-state index in [1.54, 1.807) is 14.2 Å². The lowest BCUT2D eigenvalue weighted by atomic mass is 9.97. The molecule has 5 rings (SSSR count). The number of aryl methyl sites for hydroxylation is 1. The number of aromatic nitrogens is 3. The predicted octanol–water partition coefficient (Wildman–Crippen LogP) is 3.81. The molecular weight excluding hydrogens is 392 g/mol. The summed E-state index contributed by atoms with van der Waals surface area (Å²) in [4.78, 5) is 9.57. The predicted molar refractivity (Wildman–Crippen MR) is 120 cm³/mol. The van der Waals surface area contributed by atoms with Crippen LogP contribution in [0.1, 0.15) is 25.7 Å². The smallest absolute Gasteiger partial charge is 0.241 e. The molecule has 2 fully saturated rings. The van der Waals surface area contributed by atoms with E-state index in [0.717, 1.165) is 54.1 Å². The van der Waals surface area contributed by atoms with Crippen molar-refractivity contribution in [2.24, 2.45) is 18.9 Å². The maximum Gasteiger partial charge on any atom is 0.241 e. The molecule has 1 saturated heterocycles. The number of imidazole rings is 1. The first-order valence-corrected chi connectivity index (χ1v) is 11.1. The molecule has 164 valence electrons. The average molecular weight is 423 g/mol. The topological polar surface area (TPSA) is 70.4 Å². The van der Waals surface area contributed by atoms with Crippen molar-refractivity contribution in [3.63, 3.8) is 0 Å². The van der Waals surface area contributed by atoms with Crippen LogP contribution in [-0.2, 0) is 7.05 Å². The Labute approximate surface area is 182 Å². The molecule has 0 bridgehead atoms. The summed E-state index contributed by atoms with van der Waals surface area (Å²) < 4.78 is 19.6. The number of nitrogens with zero attached hydrogens (tertiary/aromatic N) is 3. The number of nitrogens with one attached hydrogen (secondary N) is 1. The maximum atomic E-state index is 6.70. The van der Waals surface area contributed by atoms with E-state index in [4.69, 9.17) is 19.2 Å². The third-order valence-electron chi connectivity index (χ3n) is 6.49. The summed E-state index contributed by atoms with van der Waals surface area (Å²) in [6, 6.07) is 7.85. The van der Waals surface area contributed by atoms with Gasteiger partial charge in [0.05, 0.1) is 31.8 Å². The average Bonchev–Trinajstić information content (AvgIpc) is 3.28. The number of pyridine rings is 1. The first-order valence-electron chi connectivity index (χ1n) is 11.1. The molecule has 1 saturated carbocycles. The third-order valence-corrected chi connectivity index (χ3v) is 6.49. The number of fused-ring (bicyclic) bond motifs is 1. The number of hydrogen-bond donors (Lipinski definition) is 1. The molecule has 1 aliphatic heterocycles. The first kappa shape index (κ1) is 20.1. The summed E-state index contributed by atoms with van der Waals surface area (Å²) in [5, 5.41) is 3.49. The van der Waals surface area contributed by atoms with Crippen molar-refractivity contribution in [1.82, 2.24) is 19.9 Å². The minimum Gasteiger partial charge on any atom is -0.493 e. The van der Waals surface area contributed by atoms with E-state index in [-0.39, 0.29) is 6.10 Å². The Bertz CT molecular complexity index is 1070. The van der Waals surface area contributed by atoms with E-state index in [1.165, 1.54) is 12.8 Å². The van der Waals surface area contributed by atoms with Crippen molar-refractivity contribution in [2.75, 3.05) is 27.3 Å². The quantitative estimate of drug-likeness (QED) is 0.595. The molecule has 1 N–H and O–H groups in total. The maximum absolute atomic E-state index is 6.70. The number of rotatable bonds is 8. The highest BCUT2D eigenvalue weighted by Crippen LogP contribution is 2.39. The van der Waals surface area contributed by atoms with Gasteiger partial charge in [0.2, 0.25) is 5.88 Å². The van der Waals surface area contributed by atoms with Gasteiger partial charge < -0.3 is 24.1 Å². The second kappa shape index (κ2) is 8.38. The van der Waals surface area contributed by atoms with Crippen LogP contribution in [0.25, 0.3) is 22.3 Å². The van der Waals surface area contributed by atoms with Crippen molar-refractivity contribution < 1.29 is 14.2 Å². The molecule has 0 amide bonds. The summed E-state index contributed by atoms with van der Waals surface area (Å²) in [6.45, 7) is 2.08. The highest BCUT2D eigenvalue weighted by Gasteiger charge is 2.34. The minimum absolute atomic E-state index is 0.175. The molecule has 1 aromatic carbocycles. The molecule has 31 heavy (non-hydrogen) atoms. The number of hydrogen-bond acceptors (Lipinski definition) is 6. The highest BCUT2D eigenvalue weighted by molar-refractivity contribution is 5.84. The Morgan fingerprint density at radius 1 is 1.13 bits per heavy atom. The molecule has 3 aromatic rings. The van der Waals surface area contributed by atoms with Crippen LogP contribution in [0.3, 0.4) is 0 Å². The van der Waals surface area contributed by atoms with E-state index in [0.29, 0.717) is 23.3 Å². The molecule has 0 radical (unpaired) electrons. The molecule has 2 atom stereocenters. The zero-order valence-corrected chi connectivity index (χ0v) is 18.4. The monoisotopic (exact) mass is 422 g/mol. The summed E-state index contributed by atoms with van der Waals surface area (Å²) in [5.74, 6) is 3.35. The minimum atomic E-state index is 0.175. The van der Waals surface area contributed by atoms with Crippen molar-refractivity contribution >= 4 is 11.0 Å². The number of methoxy groups -OCH3 is 2. The van der Waals surface area contributed by atoms with Crippen LogP contribution in [0.5, 0.6) is 17.4 Å². The Morgan fingerprint density at radius 3 is 2.68 bits per heavy atom. The molecule has 2 aromatic heterocycles. The van der Waals surface area contributed by atoms with E-state index in [2.05, 4.69) is 10.3 Å². The molecule has 2 aliphatic rings. The molecule has 3 heterocycles. The van der Waals surface area contributed by atoms with Crippen molar-refractivity contribution in [3.8, 4) is 28.6 Å². The SMILES string of the molecule is COc1ccc(-c2cc3ncn(C)c3c(O[C@H](CC3CC3)[C@@H]3CCNC3)n2)cc1OC. The standard InChI is InChI=1S/C24H30N4O3/c1-28-14-26-19-12-18(16-6-7-20(29-2)22(11-16)30-3)27-24(23(19)28)31-21(10-15-4-5-15)17-8-9-25-13-17/h6-7,11-12,14-15,17,21,25H,4-5,8-10,13H2,1-3H3/t17-,21-/m1/s1. The van der Waals surface area contributed by atoms with Crippen molar-refractivity contribution in [1.29, 1.82) is 0 Å². The fourth-order valence-electron chi connectivity index (χ4n) is 4.52. The zero-order chi connectivity index (χ0) is 21.4. The molecule has 7 nitrogen and oxygen atoms in total. The number of benzene rings is 1. The largest absolute Gasteiger partial charge is 0.493 e. The normalized spacial score (nSPS) is 19.5. The van der Waals surface area contributed by atoms with Gasteiger partial charge in [0.15, 0.2) is 11.5 Å². The van der Waals surface area contributed by atoms with Crippen LogP contribution in [0.15, 0.2) is 30.6 Å². The molecule has 0 spiro atoms. The Hall–Kier alpha value is -2.80. The van der Waals surface area contributed by atoms with Gasteiger partial charge in [0.25, 0.3) is 0 Å². The molecule has 1 aliphatic carbocycles. The van der Waals surface area contributed by atoms with Gasteiger partial charge in [-0.25, -0.2) is 9.97 Å². The zero-order valence-electron chi connectivity index (χ0n) is 18.4. The van der Waals surface area contributed by atoms with Crippen LogP contribution < -0.4 is 19.5 Å². The van der Waals surface area contributed by atoms with E-state index in [9.17, 15) is 0 Å². The lowest BCUT2D eigenvalue weighted by Gasteiger charge is -2.24. The van der Waals surface area contributed by atoms with Gasteiger partial charge in [0, 0.05) is 25.1 Å². The van der Waals surface area contributed by atoms with Crippen molar-refractivity contribution in [3.05, 3.63) is 30.6 Å². The van der Waals surface area contributed by atoms with Gasteiger partial charge in [-0.05, 0) is 49.6 Å². The van der Waals surface area contributed by atoms with Crippen LogP contribution in [0.2, 0.25) is 0 Å². The van der Waals surface area contributed by atoms with Crippen LogP contribution >= 0.6 is 0 Å². The van der Waals surface area contributed by atoms with Crippen LogP contribution in [0.4, 0.5) is 0 Å². The Balaban J connectivity index is 1.54. The fourth-order valence-corrected chi connectivity index (χ4v) is 4.52. The third kappa shape index (κ3) is 4.06. The number of ether oxygens (including phenoxy) is 3. The van der Waals surface area contributed by atoms with E-state index in [1.807, 2.05) is 42.2 Å². The Morgan fingerprint density at radius 2 is 1.97 bits per heavy atom. The van der Waals surface area contributed by atoms with Gasteiger partial charge in [-0.1, -0.05) is 12.8 Å². The van der Waals surface area contributed by atoms with Gasteiger partial charge in [-0.2, -0.15) is 0 Å². The van der Waals surface area contributed by atoms with E-state index >= 15 is 0 Å². The second-order valence-corrected chi connectivity index (χ2v) is 8.69. The molecule has 0 unspecified atom stereocenters. The van der Waals surface area contributed by atoms with Crippen LogP contribution in [-0.4, -0.2) is 47.9 Å². The summed E-state index contributed by atoms with van der Waals surface area (Å²) >= 11 is 0. The van der Waals surface area contributed by atoms with Gasteiger partial charge in [-0.3, -0.25) is 0 Å². The van der Waals surface area contributed by atoms with Gasteiger partial charge in [0.1, 0.15) is 11.6 Å². The van der Waals surface area contributed by atoms with E-state index < -0.39 is 0 Å². The lowest BCUT2D eigenvalue weighted by molar-refractivity contribution is 0.123.